The van der Waals surface area contributed by atoms with Crippen molar-refractivity contribution in [2.45, 2.75) is 5.41 Å². The van der Waals surface area contributed by atoms with Crippen LogP contribution < -0.4 is 0 Å². The molecule has 1 aliphatic rings. The van der Waals surface area contributed by atoms with E-state index < -0.39 is 5.41 Å². The number of hydrogen-bond donors (Lipinski definition) is 0. The second-order valence-corrected chi connectivity index (χ2v) is 17.5. The average molecular weight is 867 g/mol. The lowest BCUT2D eigenvalue weighted by Gasteiger charge is -2.34. The van der Waals surface area contributed by atoms with Gasteiger partial charge in [-0.15, -0.1) is 0 Å². The Kier molecular flexibility index (Phi) is 9.36. The van der Waals surface area contributed by atoms with E-state index in [9.17, 15) is 0 Å². The van der Waals surface area contributed by atoms with Crippen LogP contribution >= 0.6 is 0 Å². The van der Waals surface area contributed by atoms with Gasteiger partial charge in [-0.3, -0.25) is 4.57 Å². The number of para-hydroxylation sites is 1. The number of benzene rings is 10. The van der Waals surface area contributed by atoms with Crippen LogP contribution in [0, 0.1) is 0 Å². The van der Waals surface area contributed by atoms with Crippen molar-refractivity contribution in [1.29, 1.82) is 0 Å². The highest BCUT2D eigenvalue weighted by atomic mass is 15.2. The minimum absolute atomic E-state index is 0.499. The van der Waals surface area contributed by atoms with Crippen LogP contribution in [-0.4, -0.2) is 19.5 Å². The van der Waals surface area contributed by atoms with Gasteiger partial charge in [-0.2, -0.15) is 9.97 Å². The lowest BCUT2D eigenvalue weighted by Crippen LogP contribution is -2.28. The second-order valence-electron chi connectivity index (χ2n) is 17.5. The average Bonchev–Trinajstić information content (AvgIpc) is 3.92. The van der Waals surface area contributed by atoms with Gasteiger partial charge < -0.3 is 0 Å². The maximum absolute atomic E-state index is 5.36. The van der Waals surface area contributed by atoms with Crippen molar-refractivity contribution in [3.63, 3.8) is 0 Å². The topological polar surface area (TPSA) is 43.6 Å². The van der Waals surface area contributed by atoms with Gasteiger partial charge in [0.05, 0.1) is 16.4 Å². The van der Waals surface area contributed by atoms with E-state index in [-0.39, 0.29) is 0 Å². The van der Waals surface area contributed by atoms with E-state index in [1.807, 2.05) is 24.3 Å². The maximum atomic E-state index is 5.36. The Hall–Kier alpha value is -8.99. The Labute approximate surface area is 395 Å². The highest BCUT2D eigenvalue weighted by Crippen LogP contribution is 2.56. The summed E-state index contributed by atoms with van der Waals surface area (Å²) in [5.74, 6) is 1.78. The molecule has 0 spiro atoms. The Morgan fingerprint density at radius 2 is 0.750 bits per heavy atom. The highest BCUT2D eigenvalue weighted by Gasteiger charge is 2.46. The van der Waals surface area contributed by atoms with E-state index in [4.69, 9.17) is 15.0 Å². The van der Waals surface area contributed by atoms with E-state index in [2.05, 4.69) is 235 Å². The molecule has 10 aromatic carbocycles. The van der Waals surface area contributed by atoms with E-state index in [0.29, 0.717) is 17.6 Å². The monoisotopic (exact) mass is 866 g/mol. The molecule has 0 amide bonds. The molecule has 0 aliphatic heterocycles. The molecule has 0 atom stereocenters. The number of rotatable bonds is 8. The lowest BCUT2D eigenvalue weighted by atomic mass is 9.67. The van der Waals surface area contributed by atoms with Crippen molar-refractivity contribution in [2.75, 3.05) is 0 Å². The second kappa shape index (κ2) is 16.2. The Morgan fingerprint density at radius 1 is 0.279 bits per heavy atom. The van der Waals surface area contributed by atoms with Gasteiger partial charge in [0.2, 0.25) is 5.95 Å². The first-order valence-corrected chi connectivity index (χ1v) is 23.2. The zero-order valence-corrected chi connectivity index (χ0v) is 37.0. The quantitative estimate of drug-likeness (QED) is 0.153. The molecule has 0 saturated heterocycles. The predicted molar refractivity (Wildman–Crippen MR) is 279 cm³/mol. The molecule has 0 bridgehead atoms. The van der Waals surface area contributed by atoms with Crippen molar-refractivity contribution in [2.24, 2.45) is 0 Å². The summed E-state index contributed by atoms with van der Waals surface area (Å²) in [7, 11) is 0. The van der Waals surface area contributed by atoms with E-state index in [0.717, 1.165) is 55.2 Å². The van der Waals surface area contributed by atoms with Gasteiger partial charge in [-0.1, -0.05) is 231 Å². The SMILES string of the molecule is c1ccc(-c2ccc(-c3cccc(-c4nc(-c5ccccc5)nc(-n5c6ccccc6c6ccc(-c7ccc8c(c7)C(c7ccccc7)(c7ccccc7)c7ccccc7-8)cc65)n4)c3)cc2)cc1. The minimum Gasteiger partial charge on any atom is -0.278 e. The number of nitrogens with zero attached hydrogens (tertiary/aromatic N) is 4. The first-order chi connectivity index (χ1) is 33.7. The molecule has 0 unspecified atom stereocenters. The smallest absolute Gasteiger partial charge is 0.238 e. The zero-order valence-electron chi connectivity index (χ0n) is 37.0. The van der Waals surface area contributed by atoms with Crippen molar-refractivity contribution < 1.29 is 0 Å². The van der Waals surface area contributed by atoms with Gasteiger partial charge in [-0.05, 0) is 91.0 Å². The van der Waals surface area contributed by atoms with Gasteiger partial charge in [0.25, 0.3) is 0 Å². The molecule has 318 valence electrons. The molecule has 2 heterocycles. The molecular weight excluding hydrogens is 825 g/mol. The Balaban J connectivity index is 0.982. The third kappa shape index (κ3) is 6.41. The summed E-state index contributed by atoms with van der Waals surface area (Å²) in [5, 5.41) is 2.26. The van der Waals surface area contributed by atoms with Crippen molar-refractivity contribution in [3.8, 4) is 73.2 Å². The fourth-order valence-electron chi connectivity index (χ4n) is 10.6. The third-order valence-electron chi connectivity index (χ3n) is 13.8. The van der Waals surface area contributed by atoms with Crippen molar-refractivity contribution >= 4 is 21.8 Å². The van der Waals surface area contributed by atoms with E-state index >= 15 is 0 Å². The molecule has 0 radical (unpaired) electrons. The normalized spacial score (nSPS) is 12.5. The van der Waals surface area contributed by atoms with Crippen LogP contribution in [-0.2, 0) is 5.41 Å². The number of hydrogen-bond acceptors (Lipinski definition) is 3. The highest BCUT2D eigenvalue weighted by molar-refractivity contribution is 6.10. The third-order valence-corrected chi connectivity index (χ3v) is 13.8. The minimum atomic E-state index is -0.499. The Morgan fingerprint density at radius 3 is 1.47 bits per heavy atom. The van der Waals surface area contributed by atoms with Gasteiger partial charge in [0.1, 0.15) is 0 Å². The number of fused-ring (bicyclic) bond motifs is 6. The van der Waals surface area contributed by atoms with E-state index in [1.54, 1.807) is 0 Å². The molecule has 4 heteroatoms. The summed E-state index contributed by atoms with van der Waals surface area (Å²) < 4.78 is 2.22. The molecule has 0 saturated carbocycles. The van der Waals surface area contributed by atoms with Crippen LogP contribution in [0.15, 0.2) is 255 Å². The van der Waals surface area contributed by atoms with Crippen LogP contribution in [0.25, 0.3) is 95.0 Å². The molecule has 12 aromatic rings. The summed E-state index contributed by atoms with van der Waals surface area (Å²) >= 11 is 0. The molecule has 1 aliphatic carbocycles. The molecular formula is C64H42N4. The van der Waals surface area contributed by atoms with Gasteiger partial charge >= 0.3 is 0 Å². The summed E-state index contributed by atoms with van der Waals surface area (Å²) in [5.41, 5.74) is 17.8. The van der Waals surface area contributed by atoms with Crippen molar-refractivity contribution in [3.05, 3.63) is 277 Å². The first-order valence-electron chi connectivity index (χ1n) is 23.2. The molecule has 13 rings (SSSR count). The maximum Gasteiger partial charge on any atom is 0.238 e. The van der Waals surface area contributed by atoms with Gasteiger partial charge in [-0.25, -0.2) is 4.98 Å². The van der Waals surface area contributed by atoms with Crippen molar-refractivity contribution in [1.82, 2.24) is 19.5 Å². The summed E-state index contributed by atoms with van der Waals surface area (Å²) in [6.07, 6.45) is 0. The standard InChI is InChI=1S/C64H42N4/c1-5-18-43(19-6-1)44-32-34-45(35-33-44)47-22-17-23-50(40-47)62-65-61(46-20-7-2-8-21-46)66-63(67-62)68-59-31-16-14-29-55(59)56-39-37-49(42-60(56)68)48-36-38-54-53-28-13-15-30-57(53)64(58(54)41-48,51-24-9-3-10-25-51)52-26-11-4-12-27-52/h1-42H. The fourth-order valence-corrected chi connectivity index (χ4v) is 10.6. The zero-order chi connectivity index (χ0) is 45.0. The van der Waals surface area contributed by atoms with Crippen LogP contribution in [0.3, 0.4) is 0 Å². The van der Waals surface area contributed by atoms with Crippen LogP contribution in [0.1, 0.15) is 22.3 Å². The summed E-state index contributed by atoms with van der Waals surface area (Å²) in [4.78, 5) is 15.8. The van der Waals surface area contributed by atoms with Crippen LogP contribution in [0.2, 0.25) is 0 Å². The fraction of sp³-hybridized carbons (Fsp3) is 0.0156. The summed E-state index contributed by atoms with van der Waals surface area (Å²) in [6.45, 7) is 0. The lowest BCUT2D eigenvalue weighted by molar-refractivity contribution is 0.769. The van der Waals surface area contributed by atoms with Crippen LogP contribution in [0.5, 0.6) is 0 Å². The molecule has 68 heavy (non-hydrogen) atoms. The van der Waals surface area contributed by atoms with E-state index in [1.165, 1.54) is 44.5 Å². The predicted octanol–water partition coefficient (Wildman–Crippen LogP) is 15.7. The van der Waals surface area contributed by atoms with Crippen LogP contribution in [0.4, 0.5) is 0 Å². The summed E-state index contributed by atoms with van der Waals surface area (Å²) in [6, 6.07) is 91.3. The Bertz CT molecular complexity index is 3780. The first kappa shape index (κ1) is 39.4. The van der Waals surface area contributed by atoms with Gasteiger partial charge in [0, 0.05) is 21.9 Å². The number of aromatic nitrogens is 4. The molecule has 0 fully saturated rings. The largest absolute Gasteiger partial charge is 0.278 e. The molecule has 0 N–H and O–H groups in total. The van der Waals surface area contributed by atoms with Gasteiger partial charge in [0.15, 0.2) is 11.6 Å². The molecule has 2 aromatic heterocycles. The molecule has 4 nitrogen and oxygen atoms in total.